The number of hydrogen-bond acceptors (Lipinski definition) is 4. The van der Waals surface area contributed by atoms with Crippen LogP contribution in [0.5, 0.6) is 0 Å². The highest BCUT2D eigenvalue weighted by Gasteiger charge is 2.28. The summed E-state index contributed by atoms with van der Waals surface area (Å²) < 4.78 is 0. The summed E-state index contributed by atoms with van der Waals surface area (Å²) in [6, 6.07) is 6.63. The Hall–Kier alpha value is -2.04. The molecule has 1 atom stereocenters. The molecule has 1 aromatic carbocycles. The zero-order chi connectivity index (χ0) is 22.0. The number of hydrogen-bond donors (Lipinski definition) is 1. The largest absolute Gasteiger partial charge is 0.371 e. The first kappa shape index (κ1) is 22.2. The van der Waals surface area contributed by atoms with Gasteiger partial charge in [-0.1, -0.05) is 50.2 Å². The summed E-state index contributed by atoms with van der Waals surface area (Å²) in [5, 5.41) is 1.93. The molecule has 1 aliphatic carbocycles. The molecule has 166 valence electrons. The van der Waals surface area contributed by atoms with Gasteiger partial charge in [0.25, 0.3) is 0 Å². The molecule has 1 aromatic heterocycles. The zero-order valence-electron chi connectivity index (χ0n) is 18.8. The van der Waals surface area contributed by atoms with Gasteiger partial charge in [-0.15, -0.1) is 0 Å². The third-order valence-corrected chi connectivity index (χ3v) is 7.33. The van der Waals surface area contributed by atoms with Gasteiger partial charge in [0, 0.05) is 48.7 Å². The lowest BCUT2D eigenvalue weighted by atomic mass is 9.94. The van der Waals surface area contributed by atoms with Crippen LogP contribution in [0.4, 0.5) is 0 Å². The number of benzene rings is 1. The number of aromatic nitrogens is 1. The van der Waals surface area contributed by atoms with E-state index in [1.165, 1.54) is 42.6 Å². The van der Waals surface area contributed by atoms with Crippen LogP contribution in [0, 0.1) is 0 Å². The first-order chi connectivity index (χ1) is 15.0. The first-order valence-electron chi connectivity index (χ1n) is 11.7. The number of nitrogens with zero attached hydrogens (tertiary/aromatic N) is 3. The van der Waals surface area contributed by atoms with E-state index in [4.69, 9.17) is 22.3 Å². The lowest BCUT2D eigenvalue weighted by Gasteiger charge is -2.44. The van der Waals surface area contributed by atoms with Gasteiger partial charge in [-0.05, 0) is 55.7 Å². The van der Waals surface area contributed by atoms with Crippen molar-refractivity contribution in [3.8, 4) is 0 Å². The maximum Gasteiger partial charge on any atom is 0.0727 e. The molecular formula is C26H35ClN4. The molecule has 2 aromatic rings. The maximum absolute atomic E-state index is 6.76. The van der Waals surface area contributed by atoms with Gasteiger partial charge in [-0.3, -0.25) is 4.98 Å². The van der Waals surface area contributed by atoms with Gasteiger partial charge in [0.2, 0.25) is 0 Å². The van der Waals surface area contributed by atoms with Crippen molar-refractivity contribution in [3.05, 3.63) is 58.9 Å². The second kappa shape index (κ2) is 9.62. The number of aryl methyl sites for hydroxylation is 1. The molecule has 4 rings (SSSR count). The molecule has 0 saturated carbocycles. The van der Waals surface area contributed by atoms with E-state index in [1.807, 2.05) is 0 Å². The molecule has 1 aliphatic heterocycles. The summed E-state index contributed by atoms with van der Waals surface area (Å²) in [7, 11) is 0. The molecule has 2 N–H and O–H groups in total. The van der Waals surface area contributed by atoms with Crippen molar-refractivity contribution in [2.75, 3.05) is 26.2 Å². The molecule has 0 spiro atoms. The van der Waals surface area contributed by atoms with Gasteiger partial charge in [-0.25, -0.2) is 0 Å². The summed E-state index contributed by atoms with van der Waals surface area (Å²) in [5.74, 6) is 0. The molecule has 2 heterocycles. The Labute approximate surface area is 191 Å². The number of unbranched alkanes of at least 4 members (excludes halogenated alkanes) is 1. The Morgan fingerprint density at radius 3 is 2.81 bits per heavy atom. The van der Waals surface area contributed by atoms with E-state index in [0.717, 1.165) is 66.1 Å². The van der Waals surface area contributed by atoms with Crippen molar-refractivity contribution in [3.63, 3.8) is 0 Å². The molecule has 1 fully saturated rings. The Morgan fingerprint density at radius 2 is 2.03 bits per heavy atom. The summed E-state index contributed by atoms with van der Waals surface area (Å²) >= 11 is 6.76. The third kappa shape index (κ3) is 4.47. The van der Waals surface area contributed by atoms with Crippen LogP contribution in [0.15, 0.2) is 37.1 Å². The van der Waals surface area contributed by atoms with Crippen LogP contribution in [-0.4, -0.2) is 47.0 Å². The van der Waals surface area contributed by atoms with E-state index in [-0.39, 0.29) is 6.04 Å². The average Bonchev–Trinajstić information content (AvgIpc) is 2.81. The van der Waals surface area contributed by atoms with E-state index in [9.17, 15) is 0 Å². The van der Waals surface area contributed by atoms with Crippen LogP contribution in [-0.2, 0) is 12.8 Å². The van der Waals surface area contributed by atoms with Crippen LogP contribution in [0.2, 0.25) is 5.02 Å². The number of allylic oxidation sites excluding steroid dienone is 1. The van der Waals surface area contributed by atoms with Gasteiger partial charge < -0.3 is 15.5 Å². The third-order valence-electron chi connectivity index (χ3n) is 6.89. The van der Waals surface area contributed by atoms with E-state index in [2.05, 4.69) is 48.1 Å². The number of piperazine rings is 1. The number of rotatable bonds is 7. The Bertz CT molecular complexity index is 983. The lowest BCUT2D eigenvalue weighted by molar-refractivity contribution is 0.149. The second-order valence-corrected chi connectivity index (χ2v) is 9.31. The molecule has 0 bridgehead atoms. The zero-order valence-corrected chi connectivity index (χ0v) is 19.6. The fourth-order valence-corrected chi connectivity index (χ4v) is 5.31. The SMILES string of the molecule is C=C(CCCC)N1CCN(C(=C)c2ccc3c(Cl)c4c(nc3c2)CCCC4)C(CN)C1. The van der Waals surface area contributed by atoms with E-state index >= 15 is 0 Å². The van der Waals surface area contributed by atoms with Gasteiger partial charge in [0.05, 0.1) is 16.6 Å². The standard InChI is InChI=1S/C26H35ClN4/c1-4-5-8-18(2)30-13-14-31(21(16-28)17-30)19(3)20-11-12-23-25(15-20)29-24-10-7-6-9-22(24)26(23)27/h11-12,15,21H,2-10,13-14,16-17,28H2,1H3. The fourth-order valence-electron chi connectivity index (χ4n) is 4.95. The number of pyridine rings is 1. The first-order valence-corrected chi connectivity index (χ1v) is 12.1. The van der Waals surface area contributed by atoms with Crippen LogP contribution >= 0.6 is 11.6 Å². The topological polar surface area (TPSA) is 45.4 Å². The fraction of sp³-hybridized carbons (Fsp3) is 0.500. The monoisotopic (exact) mass is 438 g/mol. The van der Waals surface area contributed by atoms with Crippen LogP contribution in [0.3, 0.4) is 0 Å². The molecular weight excluding hydrogens is 404 g/mol. The van der Waals surface area contributed by atoms with Crippen molar-refractivity contribution in [2.24, 2.45) is 5.73 Å². The van der Waals surface area contributed by atoms with E-state index < -0.39 is 0 Å². The second-order valence-electron chi connectivity index (χ2n) is 8.94. The Morgan fingerprint density at radius 1 is 1.23 bits per heavy atom. The van der Waals surface area contributed by atoms with Crippen molar-refractivity contribution in [2.45, 2.75) is 57.9 Å². The molecule has 0 radical (unpaired) electrons. The minimum Gasteiger partial charge on any atom is -0.371 e. The predicted molar refractivity (Wildman–Crippen MR) is 132 cm³/mol. The quantitative estimate of drug-likeness (QED) is 0.629. The number of fused-ring (bicyclic) bond motifs is 2. The highest BCUT2D eigenvalue weighted by Crippen LogP contribution is 2.34. The summed E-state index contributed by atoms with van der Waals surface area (Å²) in [4.78, 5) is 9.75. The minimum absolute atomic E-state index is 0.232. The highest BCUT2D eigenvalue weighted by molar-refractivity contribution is 6.36. The molecule has 1 unspecified atom stereocenters. The molecule has 2 aliphatic rings. The van der Waals surface area contributed by atoms with Crippen LogP contribution in [0.25, 0.3) is 16.6 Å². The summed E-state index contributed by atoms with van der Waals surface area (Å²) in [6.45, 7) is 14.4. The average molecular weight is 439 g/mol. The van der Waals surface area contributed by atoms with Gasteiger partial charge in [-0.2, -0.15) is 0 Å². The number of halogens is 1. The normalized spacial score (nSPS) is 18.9. The van der Waals surface area contributed by atoms with Crippen molar-refractivity contribution < 1.29 is 0 Å². The van der Waals surface area contributed by atoms with Gasteiger partial charge in [0.15, 0.2) is 0 Å². The van der Waals surface area contributed by atoms with Crippen molar-refractivity contribution >= 4 is 28.2 Å². The summed E-state index contributed by atoms with van der Waals surface area (Å²) in [6.07, 6.45) is 7.91. The Kier molecular flexibility index (Phi) is 6.88. The smallest absolute Gasteiger partial charge is 0.0727 e. The lowest BCUT2D eigenvalue weighted by Crippen LogP contribution is -2.54. The minimum atomic E-state index is 0.232. The van der Waals surface area contributed by atoms with Crippen LogP contribution in [0.1, 0.15) is 55.8 Å². The number of nitrogens with two attached hydrogens (primary N) is 1. The maximum atomic E-state index is 6.76. The summed E-state index contributed by atoms with van der Waals surface area (Å²) in [5.41, 5.74) is 12.9. The molecule has 1 saturated heterocycles. The van der Waals surface area contributed by atoms with Crippen molar-refractivity contribution in [1.82, 2.24) is 14.8 Å². The molecule has 5 heteroatoms. The van der Waals surface area contributed by atoms with E-state index in [0.29, 0.717) is 6.54 Å². The molecule has 31 heavy (non-hydrogen) atoms. The van der Waals surface area contributed by atoms with Crippen LogP contribution < -0.4 is 5.73 Å². The van der Waals surface area contributed by atoms with Crippen molar-refractivity contribution in [1.29, 1.82) is 0 Å². The molecule has 0 amide bonds. The van der Waals surface area contributed by atoms with Gasteiger partial charge >= 0.3 is 0 Å². The predicted octanol–water partition coefficient (Wildman–Crippen LogP) is 5.39. The highest BCUT2D eigenvalue weighted by atomic mass is 35.5. The molecule has 4 nitrogen and oxygen atoms in total. The Balaban J connectivity index is 1.55. The van der Waals surface area contributed by atoms with E-state index in [1.54, 1.807) is 0 Å². The van der Waals surface area contributed by atoms with Gasteiger partial charge in [0.1, 0.15) is 0 Å².